The van der Waals surface area contributed by atoms with Crippen molar-refractivity contribution in [1.29, 1.82) is 10.5 Å². The largest absolute Gasteiger partial charge is 0.457 e. The molecule has 1 aliphatic rings. The molecule has 0 N–H and O–H groups in total. The maximum atomic E-state index is 9.62. The number of hydrogen-bond donors (Lipinski definition) is 0. The maximum absolute atomic E-state index is 9.62. The summed E-state index contributed by atoms with van der Waals surface area (Å²) < 4.78 is 6.20. The van der Waals surface area contributed by atoms with Crippen LogP contribution in [0.1, 0.15) is 11.1 Å². The van der Waals surface area contributed by atoms with Crippen LogP contribution in [0.25, 0.3) is 33.7 Å². The van der Waals surface area contributed by atoms with Gasteiger partial charge in [0.15, 0.2) is 0 Å². The third-order valence-corrected chi connectivity index (χ3v) is 8.80. The van der Waals surface area contributed by atoms with Crippen LogP contribution in [0.4, 0.5) is 22.7 Å². The molecule has 0 unspecified atom stereocenters. The van der Waals surface area contributed by atoms with Crippen molar-refractivity contribution in [1.82, 2.24) is 0 Å². The highest BCUT2D eigenvalue weighted by atomic mass is 16.5. The van der Waals surface area contributed by atoms with Crippen molar-refractivity contribution in [2.24, 2.45) is 0 Å². The molecule has 0 amide bonds. The molecule has 0 saturated heterocycles. The van der Waals surface area contributed by atoms with Gasteiger partial charge in [0, 0.05) is 41.8 Å². The lowest BCUT2D eigenvalue weighted by atomic mass is 10.0. The van der Waals surface area contributed by atoms with E-state index in [1.807, 2.05) is 79.7 Å². The zero-order chi connectivity index (χ0) is 35.2. The van der Waals surface area contributed by atoms with E-state index in [0.717, 1.165) is 33.9 Å². The first kappa shape index (κ1) is 32.5. The summed E-state index contributed by atoms with van der Waals surface area (Å²) in [5, 5.41) is 23.9. The molecule has 1 aliphatic heterocycles. The van der Waals surface area contributed by atoms with Crippen LogP contribution >= 0.6 is 0 Å². The first-order valence-electron chi connectivity index (χ1n) is 16.7. The summed E-state index contributed by atoms with van der Waals surface area (Å²) in [7, 11) is 4.01. The van der Waals surface area contributed by atoms with Crippen LogP contribution in [0.15, 0.2) is 180 Å². The minimum Gasteiger partial charge on any atom is -0.457 e. The highest BCUT2D eigenvalue weighted by Crippen LogP contribution is 2.42. The van der Waals surface area contributed by atoms with Crippen molar-refractivity contribution in [2.75, 3.05) is 23.9 Å². The molecule has 5 heteroatoms. The molecule has 51 heavy (non-hydrogen) atoms. The molecular weight excluding hydrogens is 625 g/mol. The number of nitriles is 2. The highest BCUT2D eigenvalue weighted by Gasteiger charge is 2.17. The fourth-order valence-electron chi connectivity index (χ4n) is 6.20. The van der Waals surface area contributed by atoms with Crippen LogP contribution < -0.4 is 9.80 Å². The van der Waals surface area contributed by atoms with E-state index in [4.69, 9.17) is 4.74 Å². The Kier molecular flexibility index (Phi) is 9.28. The van der Waals surface area contributed by atoms with Gasteiger partial charge < -0.3 is 14.5 Å². The Hall–Kier alpha value is -7.08. The molecule has 0 aromatic heterocycles. The van der Waals surface area contributed by atoms with E-state index in [1.54, 1.807) is 12.2 Å². The second-order valence-electron chi connectivity index (χ2n) is 12.3. The third-order valence-electron chi connectivity index (χ3n) is 8.80. The van der Waals surface area contributed by atoms with Crippen LogP contribution in [0.5, 0.6) is 0 Å². The molecule has 0 fully saturated rings. The lowest BCUT2D eigenvalue weighted by molar-refractivity contribution is 0.332. The minimum atomic E-state index is 0.0248. The van der Waals surface area contributed by atoms with E-state index in [-0.39, 0.29) is 5.57 Å². The van der Waals surface area contributed by atoms with Gasteiger partial charge in [-0.2, -0.15) is 10.5 Å². The van der Waals surface area contributed by atoms with Crippen LogP contribution in [-0.2, 0) is 4.74 Å². The van der Waals surface area contributed by atoms with Gasteiger partial charge in [0.25, 0.3) is 0 Å². The average molecular weight is 659 g/mol. The first-order valence-corrected chi connectivity index (χ1v) is 16.7. The number of nitrogens with zero attached hydrogens (tertiary/aromatic N) is 4. The summed E-state index contributed by atoms with van der Waals surface area (Å²) >= 11 is 0. The Labute approximate surface area is 298 Å². The maximum Gasteiger partial charge on any atom is 0.137 e. The van der Waals surface area contributed by atoms with E-state index < -0.39 is 0 Å². The molecule has 1 heterocycles. The fourth-order valence-corrected chi connectivity index (χ4v) is 6.20. The van der Waals surface area contributed by atoms with E-state index in [2.05, 4.69) is 114 Å². The first-order chi connectivity index (χ1) is 25.0. The number of ether oxygens (including phenoxy) is 1. The molecule has 0 radical (unpaired) electrons. The Morgan fingerprint density at radius 2 is 0.980 bits per heavy atom. The molecule has 6 aromatic carbocycles. The monoisotopic (exact) mass is 658 g/mol. The van der Waals surface area contributed by atoms with Gasteiger partial charge in [-0.15, -0.1) is 0 Å². The van der Waals surface area contributed by atoms with E-state index in [1.165, 1.54) is 21.5 Å². The van der Waals surface area contributed by atoms with Gasteiger partial charge >= 0.3 is 0 Å². The number of benzene rings is 6. The van der Waals surface area contributed by atoms with Crippen molar-refractivity contribution < 1.29 is 4.74 Å². The molecule has 6 aromatic rings. The predicted octanol–water partition coefficient (Wildman–Crippen LogP) is 11.4. The number of fused-ring (bicyclic) bond motifs is 2. The van der Waals surface area contributed by atoms with E-state index in [9.17, 15) is 10.5 Å². The van der Waals surface area contributed by atoms with Gasteiger partial charge in [-0.1, -0.05) is 109 Å². The molecule has 0 aliphatic carbocycles. The second-order valence-corrected chi connectivity index (χ2v) is 12.3. The van der Waals surface area contributed by atoms with Gasteiger partial charge in [-0.25, -0.2) is 0 Å². The highest BCUT2D eigenvalue weighted by molar-refractivity contribution is 6.04. The Balaban J connectivity index is 1.20. The SMILES string of the molecule is CN(C)c1ccc(/C=C/C2=CC(=C(C#N)C#N)C=C(/C=C/c3ccc(N(c4cccc5ccccc45)c4cccc5ccccc45)cc3)O2)cc1. The lowest BCUT2D eigenvalue weighted by Crippen LogP contribution is -2.11. The normalized spacial score (nSPS) is 12.7. The Morgan fingerprint density at radius 1 is 0.529 bits per heavy atom. The number of rotatable bonds is 8. The van der Waals surface area contributed by atoms with Crippen LogP contribution in [0.3, 0.4) is 0 Å². The van der Waals surface area contributed by atoms with Gasteiger partial charge in [0.1, 0.15) is 29.2 Å². The van der Waals surface area contributed by atoms with Crippen molar-refractivity contribution in [3.05, 3.63) is 192 Å². The van der Waals surface area contributed by atoms with Gasteiger partial charge in [0.05, 0.1) is 11.4 Å². The molecule has 244 valence electrons. The van der Waals surface area contributed by atoms with Gasteiger partial charge in [0.2, 0.25) is 0 Å². The number of hydrogen-bond acceptors (Lipinski definition) is 5. The molecule has 5 nitrogen and oxygen atoms in total. The van der Waals surface area contributed by atoms with Crippen molar-refractivity contribution in [3.63, 3.8) is 0 Å². The zero-order valence-corrected chi connectivity index (χ0v) is 28.4. The molecule has 7 rings (SSSR count). The summed E-state index contributed by atoms with van der Waals surface area (Å²) in [6.07, 6.45) is 11.1. The molecule has 0 spiro atoms. The summed E-state index contributed by atoms with van der Waals surface area (Å²) in [5.74, 6) is 1.05. The standard InChI is InChI=1S/C46H34N4O/c1-49(2)39-23-17-33(18-24-39)21-27-41-29-37(38(31-47)32-48)30-42(51-41)28-22-34-19-25-40(26-20-34)50(45-15-7-11-35-9-3-5-13-43(35)45)46-16-8-12-36-10-4-6-14-44(36)46/h3-30H,1-2H3/b27-21+,28-22+. The summed E-state index contributed by atoms with van der Waals surface area (Å²) in [6.45, 7) is 0. The van der Waals surface area contributed by atoms with Gasteiger partial charge in [-0.05, 0) is 82.6 Å². The zero-order valence-electron chi connectivity index (χ0n) is 28.4. The summed E-state index contributed by atoms with van der Waals surface area (Å²) in [4.78, 5) is 4.37. The topological polar surface area (TPSA) is 63.3 Å². The third kappa shape index (κ3) is 7.06. The number of allylic oxidation sites excluding steroid dienone is 6. The van der Waals surface area contributed by atoms with E-state index >= 15 is 0 Å². The molecule has 0 saturated carbocycles. The number of anilines is 4. The Bertz CT molecular complexity index is 2380. The van der Waals surface area contributed by atoms with Crippen molar-refractivity contribution >= 4 is 56.4 Å². The van der Waals surface area contributed by atoms with E-state index in [0.29, 0.717) is 17.1 Å². The lowest BCUT2D eigenvalue weighted by Gasteiger charge is -2.28. The second kappa shape index (κ2) is 14.6. The minimum absolute atomic E-state index is 0.0248. The van der Waals surface area contributed by atoms with Gasteiger partial charge in [-0.3, -0.25) is 0 Å². The Morgan fingerprint density at radius 3 is 1.45 bits per heavy atom. The smallest absolute Gasteiger partial charge is 0.137 e. The molecule has 0 bridgehead atoms. The molecule has 0 atom stereocenters. The van der Waals surface area contributed by atoms with Crippen molar-refractivity contribution in [3.8, 4) is 12.1 Å². The van der Waals surface area contributed by atoms with Crippen LogP contribution in [-0.4, -0.2) is 14.1 Å². The average Bonchev–Trinajstić information content (AvgIpc) is 3.18. The predicted molar refractivity (Wildman–Crippen MR) is 210 cm³/mol. The molecular formula is C46H34N4O. The van der Waals surface area contributed by atoms with Crippen LogP contribution in [0.2, 0.25) is 0 Å². The quantitative estimate of drug-likeness (QED) is 0.152. The summed E-state index contributed by atoms with van der Waals surface area (Å²) in [6, 6.07) is 50.4. The van der Waals surface area contributed by atoms with Crippen molar-refractivity contribution in [2.45, 2.75) is 0 Å². The summed E-state index contributed by atoms with van der Waals surface area (Å²) in [5.41, 5.74) is 6.83. The fraction of sp³-hybridized carbons (Fsp3) is 0.0435. The van der Waals surface area contributed by atoms with Crippen LogP contribution in [0, 0.1) is 22.7 Å².